The van der Waals surface area contributed by atoms with E-state index in [1.165, 1.54) is 11.2 Å². The number of ketones is 1. The number of hydrogen-bond acceptors (Lipinski definition) is 5. The third kappa shape index (κ3) is 4.41. The minimum Gasteiger partial charge on any atom is -0.507 e. The number of aliphatic hydroxyl groups is 1. The highest BCUT2D eigenvalue weighted by Crippen LogP contribution is 2.42. The van der Waals surface area contributed by atoms with Gasteiger partial charge < -0.3 is 19.2 Å². The molecule has 4 aromatic rings. The van der Waals surface area contributed by atoms with Crippen molar-refractivity contribution >= 4 is 17.4 Å². The fourth-order valence-corrected chi connectivity index (χ4v) is 4.47. The number of amides is 1. The average molecular weight is 480 g/mol. The number of rotatable bonds is 6. The van der Waals surface area contributed by atoms with Crippen molar-refractivity contribution in [2.75, 3.05) is 0 Å². The van der Waals surface area contributed by atoms with E-state index in [1.807, 2.05) is 68.4 Å². The molecule has 2 heterocycles. The first-order valence-electron chi connectivity index (χ1n) is 11.6. The maximum Gasteiger partial charge on any atom is 0.296 e. The van der Waals surface area contributed by atoms with Crippen LogP contribution >= 0.6 is 0 Å². The lowest BCUT2D eigenvalue weighted by Crippen LogP contribution is -2.29. The van der Waals surface area contributed by atoms with Gasteiger partial charge in [-0.3, -0.25) is 9.59 Å². The number of carbonyl (C=O) groups excluding carboxylic acids is 2. The highest BCUT2D eigenvalue weighted by atomic mass is 16.5. The van der Waals surface area contributed by atoms with E-state index in [0.717, 1.165) is 11.1 Å². The number of benzene rings is 3. The summed E-state index contributed by atoms with van der Waals surface area (Å²) < 4.78 is 11.5. The largest absolute Gasteiger partial charge is 0.507 e. The van der Waals surface area contributed by atoms with Gasteiger partial charge in [-0.15, -0.1) is 0 Å². The van der Waals surface area contributed by atoms with Gasteiger partial charge >= 0.3 is 0 Å². The number of likely N-dealkylation sites (tertiary alicyclic amines) is 1. The zero-order valence-electron chi connectivity index (χ0n) is 20.0. The Morgan fingerprint density at radius 1 is 0.917 bits per heavy atom. The summed E-state index contributed by atoms with van der Waals surface area (Å²) in [5.74, 6) is 0.113. The van der Waals surface area contributed by atoms with Crippen molar-refractivity contribution in [2.24, 2.45) is 0 Å². The summed E-state index contributed by atoms with van der Waals surface area (Å²) in [6.45, 7) is 3.85. The van der Waals surface area contributed by atoms with Gasteiger partial charge in [0.25, 0.3) is 11.7 Å². The minimum atomic E-state index is -0.825. The van der Waals surface area contributed by atoms with Gasteiger partial charge in [0.05, 0.1) is 24.4 Å². The summed E-state index contributed by atoms with van der Waals surface area (Å²) in [5, 5.41) is 11.4. The molecule has 0 spiro atoms. The molecule has 0 saturated carbocycles. The monoisotopic (exact) mass is 479 g/mol. The van der Waals surface area contributed by atoms with Crippen LogP contribution in [0.4, 0.5) is 0 Å². The van der Waals surface area contributed by atoms with Crippen LogP contribution in [0.5, 0.6) is 11.5 Å². The molecular weight excluding hydrogens is 454 g/mol. The highest BCUT2D eigenvalue weighted by molar-refractivity contribution is 6.46. The van der Waals surface area contributed by atoms with Crippen LogP contribution in [-0.2, 0) is 16.1 Å². The topological polar surface area (TPSA) is 80.0 Å². The number of furan rings is 1. The first kappa shape index (κ1) is 23.2. The zero-order chi connectivity index (χ0) is 25.2. The second-order valence-electron chi connectivity index (χ2n) is 8.81. The van der Waals surface area contributed by atoms with Crippen molar-refractivity contribution in [3.05, 3.63) is 125 Å². The minimum absolute atomic E-state index is 0.0390. The molecule has 1 N–H and O–H groups in total. The second-order valence-corrected chi connectivity index (χ2v) is 8.81. The van der Waals surface area contributed by atoms with Crippen LogP contribution in [0.3, 0.4) is 0 Å². The molecule has 0 bridgehead atoms. The van der Waals surface area contributed by atoms with E-state index in [-0.39, 0.29) is 17.9 Å². The van der Waals surface area contributed by atoms with Crippen LogP contribution in [0.25, 0.3) is 5.76 Å². The smallest absolute Gasteiger partial charge is 0.296 e. The number of ether oxygens (including phenoxy) is 1. The van der Waals surface area contributed by atoms with Gasteiger partial charge in [-0.05, 0) is 67.4 Å². The molecule has 0 radical (unpaired) electrons. The Kier molecular flexibility index (Phi) is 6.17. The summed E-state index contributed by atoms with van der Waals surface area (Å²) in [7, 11) is 0. The maximum absolute atomic E-state index is 13.3. The molecule has 3 aromatic carbocycles. The number of para-hydroxylation sites is 1. The van der Waals surface area contributed by atoms with Crippen LogP contribution in [0.1, 0.15) is 34.1 Å². The lowest BCUT2D eigenvalue weighted by molar-refractivity contribution is -0.140. The Hall–Kier alpha value is -4.58. The predicted molar refractivity (Wildman–Crippen MR) is 135 cm³/mol. The SMILES string of the molecule is Cc1ccc(C)c(C(O)=C2C(=O)C(=O)N(Cc3ccco3)C2c2cccc(Oc3ccccc3)c2)c1. The Labute approximate surface area is 209 Å². The number of Topliss-reactive ketones (excluding diaryl/α,β-unsaturated/α-hetero) is 1. The van der Waals surface area contributed by atoms with Crippen molar-refractivity contribution in [3.8, 4) is 11.5 Å². The van der Waals surface area contributed by atoms with Crippen molar-refractivity contribution in [2.45, 2.75) is 26.4 Å². The number of carbonyl (C=O) groups is 2. The summed E-state index contributed by atoms with van der Waals surface area (Å²) in [5.41, 5.74) is 2.93. The Morgan fingerprint density at radius 2 is 1.69 bits per heavy atom. The van der Waals surface area contributed by atoms with Crippen molar-refractivity contribution in [3.63, 3.8) is 0 Å². The highest BCUT2D eigenvalue weighted by Gasteiger charge is 2.46. The van der Waals surface area contributed by atoms with Gasteiger partial charge in [-0.1, -0.05) is 48.0 Å². The molecule has 1 fully saturated rings. The van der Waals surface area contributed by atoms with E-state index in [2.05, 4.69) is 0 Å². The van der Waals surface area contributed by atoms with E-state index in [9.17, 15) is 14.7 Å². The zero-order valence-corrected chi connectivity index (χ0v) is 20.0. The number of nitrogens with zero attached hydrogens (tertiary/aromatic N) is 1. The number of aliphatic hydroxyl groups excluding tert-OH is 1. The molecule has 6 nitrogen and oxygen atoms in total. The van der Waals surface area contributed by atoms with Crippen LogP contribution < -0.4 is 4.74 Å². The standard InChI is InChI=1S/C30H25NO5/c1-19-13-14-20(2)25(16-19)28(32)26-27(31(30(34)29(26)33)18-24-12-7-15-35-24)21-8-6-11-23(17-21)36-22-9-4-3-5-10-22/h3-17,27,32H,18H2,1-2H3. The molecule has 1 unspecified atom stereocenters. The molecule has 180 valence electrons. The lowest BCUT2D eigenvalue weighted by atomic mass is 9.93. The predicted octanol–water partition coefficient (Wildman–Crippen LogP) is 6.31. The van der Waals surface area contributed by atoms with Crippen molar-refractivity contribution in [1.82, 2.24) is 4.90 Å². The van der Waals surface area contributed by atoms with Crippen molar-refractivity contribution < 1.29 is 23.8 Å². The molecule has 1 aliphatic rings. The van der Waals surface area contributed by atoms with Gasteiger partial charge in [0.15, 0.2) is 0 Å². The quantitative estimate of drug-likeness (QED) is 0.199. The third-order valence-electron chi connectivity index (χ3n) is 6.25. The van der Waals surface area contributed by atoms with Gasteiger partial charge in [0, 0.05) is 5.56 Å². The van der Waals surface area contributed by atoms with Gasteiger partial charge in [0.2, 0.25) is 0 Å². The molecular formula is C30H25NO5. The molecule has 0 aliphatic carbocycles. The molecule has 1 aliphatic heterocycles. The maximum atomic E-state index is 13.3. The fourth-order valence-electron chi connectivity index (χ4n) is 4.47. The fraction of sp³-hybridized carbons (Fsp3) is 0.133. The van der Waals surface area contributed by atoms with E-state index in [0.29, 0.717) is 28.4 Å². The van der Waals surface area contributed by atoms with E-state index in [1.54, 1.807) is 30.3 Å². The van der Waals surface area contributed by atoms with Gasteiger partial charge in [-0.2, -0.15) is 0 Å². The van der Waals surface area contributed by atoms with Crippen LogP contribution in [0.15, 0.2) is 101 Å². The first-order chi connectivity index (χ1) is 17.4. The Balaban J connectivity index is 1.64. The molecule has 1 atom stereocenters. The molecule has 1 aromatic heterocycles. The second kappa shape index (κ2) is 9.58. The molecule has 5 rings (SSSR count). The summed E-state index contributed by atoms with van der Waals surface area (Å²) in [6, 6.07) is 24.8. The van der Waals surface area contributed by atoms with Gasteiger partial charge in [0.1, 0.15) is 23.0 Å². The summed E-state index contributed by atoms with van der Waals surface area (Å²) in [6.07, 6.45) is 1.52. The summed E-state index contributed by atoms with van der Waals surface area (Å²) >= 11 is 0. The molecule has 1 amide bonds. The van der Waals surface area contributed by atoms with E-state index in [4.69, 9.17) is 9.15 Å². The molecule has 1 saturated heterocycles. The van der Waals surface area contributed by atoms with E-state index >= 15 is 0 Å². The van der Waals surface area contributed by atoms with Crippen LogP contribution in [0.2, 0.25) is 0 Å². The normalized spacial score (nSPS) is 16.9. The first-order valence-corrected chi connectivity index (χ1v) is 11.6. The van der Waals surface area contributed by atoms with Crippen molar-refractivity contribution in [1.29, 1.82) is 0 Å². The number of aryl methyl sites for hydroxylation is 2. The van der Waals surface area contributed by atoms with Crippen LogP contribution in [-0.4, -0.2) is 21.7 Å². The molecule has 36 heavy (non-hydrogen) atoms. The summed E-state index contributed by atoms with van der Waals surface area (Å²) in [4.78, 5) is 28.0. The van der Waals surface area contributed by atoms with Crippen LogP contribution in [0, 0.1) is 13.8 Å². The molecule has 6 heteroatoms. The van der Waals surface area contributed by atoms with E-state index < -0.39 is 17.7 Å². The Bertz CT molecular complexity index is 1450. The Morgan fingerprint density at radius 3 is 2.44 bits per heavy atom. The average Bonchev–Trinajstić information content (AvgIpc) is 3.48. The lowest BCUT2D eigenvalue weighted by Gasteiger charge is -2.25. The van der Waals surface area contributed by atoms with Gasteiger partial charge in [-0.25, -0.2) is 0 Å². The number of hydrogen-bond donors (Lipinski definition) is 1. The third-order valence-corrected chi connectivity index (χ3v) is 6.25.